The van der Waals surface area contributed by atoms with Gasteiger partial charge in [-0.2, -0.15) is 0 Å². The highest BCUT2D eigenvalue weighted by Crippen LogP contribution is 2.25. The summed E-state index contributed by atoms with van der Waals surface area (Å²) in [6.45, 7) is 0.879. The summed E-state index contributed by atoms with van der Waals surface area (Å²) in [5, 5.41) is 9.16. The predicted octanol–water partition coefficient (Wildman–Crippen LogP) is -0.800. The fourth-order valence-corrected chi connectivity index (χ4v) is 2.46. The van der Waals surface area contributed by atoms with E-state index in [-0.39, 0.29) is 36.9 Å². The fraction of sp³-hybridized carbons (Fsp3) is 0.800. The van der Waals surface area contributed by atoms with Crippen molar-refractivity contribution in [2.75, 3.05) is 20.2 Å². The third-order valence-corrected chi connectivity index (χ3v) is 3.39. The normalized spacial score (nSPS) is 33.1. The smallest absolute Gasteiger partial charge is 0.246 e. The average Bonchev–Trinajstić information content (AvgIpc) is 2.78. The highest BCUT2D eigenvalue weighted by atomic mass is 16.3. The number of likely N-dealkylation sites (tertiary alicyclic amines) is 2. The Morgan fingerprint density at radius 2 is 2.20 bits per heavy atom. The van der Waals surface area contributed by atoms with Gasteiger partial charge in [0, 0.05) is 13.1 Å². The summed E-state index contributed by atoms with van der Waals surface area (Å²) in [5.74, 6) is -0.242. The van der Waals surface area contributed by atoms with Crippen LogP contribution >= 0.6 is 0 Å². The number of aliphatic hydroxyl groups excluding tert-OH is 1. The quantitative estimate of drug-likeness (QED) is 0.609. The van der Waals surface area contributed by atoms with Gasteiger partial charge in [0.05, 0.1) is 19.1 Å². The highest BCUT2D eigenvalue weighted by Gasteiger charge is 2.43. The number of carbonyl (C=O) groups is 2. The van der Waals surface area contributed by atoms with E-state index in [1.165, 1.54) is 11.9 Å². The lowest BCUT2D eigenvalue weighted by atomic mass is 10.1. The Morgan fingerprint density at radius 3 is 2.73 bits per heavy atom. The van der Waals surface area contributed by atoms with Crippen LogP contribution in [-0.2, 0) is 9.59 Å². The number of rotatable bonds is 2. The van der Waals surface area contributed by atoms with E-state index in [1.807, 2.05) is 4.90 Å². The number of amides is 2. The first kappa shape index (κ1) is 10.6. The molecule has 2 atom stereocenters. The molecule has 2 fully saturated rings. The molecule has 5 heteroatoms. The maximum absolute atomic E-state index is 11.7. The minimum Gasteiger partial charge on any atom is -0.395 e. The number of carbonyl (C=O) groups excluding carboxylic acids is 2. The van der Waals surface area contributed by atoms with Gasteiger partial charge in [0.15, 0.2) is 0 Å². The van der Waals surface area contributed by atoms with E-state index in [2.05, 4.69) is 0 Å². The van der Waals surface area contributed by atoms with Crippen LogP contribution in [0, 0.1) is 0 Å². The summed E-state index contributed by atoms with van der Waals surface area (Å²) in [7, 11) is 1.52. The van der Waals surface area contributed by atoms with Crippen molar-refractivity contribution >= 4 is 11.8 Å². The number of hydrogen-bond acceptors (Lipinski definition) is 4. The van der Waals surface area contributed by atoms with Crippen LogP contribution < -0.4 is 0 Å². The van der Waals surface area contributed by atoms with Gasteiger partial charge in [0.25, 0.3) is 0 Å². The third-order valence-electron chi connectivity index (χ3n) is 3.39. The molecule has 2 aliphatic heterocycles. The Hall–Kier alpha value is -0.940. The molecule has 1 N–H and O–H groups in total. The van der Waals surface area contributed by atoms with Gasteiger partial charge >= 0.3 is 0 Å². The van der Waals surface area contributed by atoms with E-state index in [0.717, 1.165) is 19.4 Å². The molecule has 5 nitrogen and oxygen atoms in total. The van der Waals surface area contributed by atoms with Gasteiger partial charge in [0.1, 0.15) is 0 Å². The maximum Gasteiger partial charge on any atom is 0.246 e. The molecule has 1 unspecified atom stereocenters. The molecule has 0 aromatic heterocycles. The minimum absolute atomic E-state index is 0.0539. The molecule has 0 saturated carbocycles. The Morgan fingerprint density at radius 1 is 1.47 bits per heavy atom. The second-order valence-corrected chi connectivity index (χ2v) is 4.23. The van der Waals surface area contributed by atoms with Crippen LogP contribution in [0.25, 0.3) is 0 Å². The minimum atomic E-state index is -0.331. The average molecular weight is 212 g/mol. The predicted molar refractivity (Wildman–Crippen MR) is 53.0 cm³/mol. The van der Waals surface area contributed by atoms with Crippen molar-refractivity contribution in [3.8, 4) is 0 Å². The van der Waals surface area contributed by atoms with E-state index in [0.29, 0.717) is 0 Å². The molecule has 2 amide bonds. The first-order valence-corrected chi connectivity index (χ1v) is 5.32. The SMILES string of the molecule is CN1C(=O)CC(N2CCC[C@@H]2CO)C1=O. The van der Waals surface area contributed by atoms with Gasteiger partial charge in [-0.3, -0.25) is 19.4 Å². The number of imide groups is 1. The summed E-state index contributed by atoms with van der Waals surface area (Å²) in [4.78, 5) is 26.3. The van der Waals surface area contributed by atoms with Crippen molar-refractivity contribution in [3.05, 3.63) is 0 Å². The number of nitrogens with zero attached hydrogens (tertiary/aromatic N) is 2. The van der Waals surface area contributed by atoms with Gasteiger partial charge < -0.3 is 5.11 Å². The highest BCUT2D eigenvalue weighted by molar-refractivity contribution is 6.05. The van der Waals surface area contributed by atoms with E-state index >= 15 is 0 Å². The Balaban J connectivity index is 2.11. The maximum atomic E-state index is 11.7. The van der Waals surface area contributed by atoms with E-state index < -0.39 is 0 Å². The molecule has 0 aromatic rings. The molecule has 0 aromatic carbocycles. The lowest BCUT2D eigenvalue weighted by Crippen LogP contribution is -2.45. The second kappa shape index (κ2) is 3.90. The first-order chi connectivity index (χ1) is 7.15. The molecule has 15 heavy (non-hydrogen) atoms. The number of hydrogen-bond donors (Lipinski definition) is 1. The van der Waals surface area contributed by atoms with Crippen LogP contribution in [0.1, 0.15) is 19.3 Å². The first-order valence-electron chi connectivity index (χ1n) is 5.32. The summed E-state index contributed by atoms with van der Waals surface area (Å²) >= 11 is 0. The van der Waals surface area contributed by atoms with Crippen LogP contribution in [0.3, 0.4) is 0 Å². The van der Waals surface area contributed by atoms with Crippen LogP contribution in [0.2, 0.25) is 0 Å². The van der Waals surface area contributed by atoms with Gasteiger partial charge in [0.2, 0.25) is 11.8 Å². The van der Waals surface area contributed by atoms with Crippen molar-refractivity contribution in [1.82, 2.24) is 9.80 Å². The molecule has 0 spiro atoms. The molecule has 2 saturated heterocycles. The van der Waals surface area contributed by atoms with Gasteiger partial charge in [-0.05, 0) is 19.4 Å². The summed E-state index contributed by atoms with van der Waals surface area (Å²) in [6.07, 6.45) is 2.18. The van der Waals surface area contributed by atoms with Crippen molar-refractivity contribution in [2.45, 2.75) is 31.3 Å². The molecule has 2 heterocycles. The molecule has 0 bridgehead atoms. The van der Waals surface area contributed by atoms with Gasteiger partial charge in [-0.25, -0.2) is 0 Å². The monoisotopic (exact) mass is 212 g/mol. The zero-order valence-corrected chi connectivity index (χ0v) is 8.85. The molecule has 0 aliphatic carbocycles. The van der Waals surface area contributed by atoms with Crippen molar-refractivity contribution < 1.29 is 14.7 Å². The fourth-order valence-electron chi connectivity index (χ4n) is 2.46. The second-order valence-electron chi connectivity index (χ2n) is 4.23. The molecule has 0 radical (unpaired) electrons. The van der Waals surface area contributed by atoms with Crippen molar-refractivity contribution in [1.29, 1.82) is 0 Å². The summed E-state index contributed by atoms with van der Waals surface area (Å²) < 4.78 is 0. The van der Waals surface area contributed by atoms with Crippen LogP contribution in [0.15, 0.2) is 0 Å². The van der Waals surface area contributed by atoms with Crippen LogP contribution in [0.4, 0.5) is 0 Å². The lowest BCUT2D eigenvalue weighted by Gasteiger charge is -2.27. The lowest BCUT2D eigenvalue weighted by molar-refractivity contribution is -0.138. The standard InChI is InChI=1S/C10H16N2O3/c1-11-9(14)5-8(10(11)15)12-4-2-3-7(12)6-13/h7-8,13H,2-6H2,1H3/t7-,8?/m1/s1. The third kappa shape index (κ3) is 1.66. The van der Waals surface area contributed by atoms with E-state index in [1.54, 1.807) is 0 Å². The Bertz CT molecular complexity index is 292. The van der Waals surface area contributed by atoms with Gasteiger partial charge in [-0.1, -0.05) is 0 Å². The van der Waals surface area contributed by atoms with Crippen LogP contribution in [-0.4, -0.2) is 59.0 Å². The topological polar surface area (TPSA) is 60.9 Å². The van der Waals surface area contributed by atoms with Gasteiger partial charge in [-0.15, -0.1) is 0 Å². The molecular weight excluding hydrogens is 196 g/mol. The molecule has 2 rings (SSSR count). The Kier molecular flexibility index (Phi) is 2.75. The van der Waals surface area contributed by atoms with Crippen LogP contribution in [0.5, 0.6) is 0 Å². The Labute approximate surface area is 88.6 Å². The molecule has 2 aliphatic rings. The summed E-state index contributed by atoms with van der Waals surface area (Å²) in [6, 6.07) is -0.277. The number of aliphatic hydroxyl groups is 1. The largest absolute Gasteiger partial charge is 0.395 e. The zero-order valence-electron chi connectivity index (χ0n) is 8.85. The van der Waals surface area contributed by atoms with E-state index in [9.17, 15) is 9.59 Å². The number of likely N-dealkylation sites (N-methyl/N-ethyl adjacent to an activating group) is 1. The molecule has 84 valence electrons. The van der Waals surface area contributed by atoms with E-state index in [4.69, 9.17) is 5.11 Å². The van der Waals surface area contributed by atoms with Crippen molar-refractivity contribution in [2.24, 2.45) is 0 Å². The van der Waals surface area contributed by atoms with Crippen molar-refractivity contribution in [3.63, 3.8) is 0 Å². The summed E-state index contributed by atoms with van der Waals surface area (Å²) in [5.41, 5.74) is 0. The molecular formula is C10H16N2O3. The zero-order chi connectivity index (χ0) is 11.0.